The number of amidine groups is 1. The van der Waals surface area contributed by atoms with Crippen LogP contribution in [0.5, 0.6) is 0 Å². The Labute approximate surface area is 141 Å². The summed E-state index contributed by atoms with van der Waals surface area (Å²) in [6.07, 6.45) is 0. The fourth-order valence-corrected chi connectivity index (χ4v) is 4.19. The standard InChI is InChI=1S/C17H17ClN2O2S/c1-12-3-9-16(10-4-12)23(21,22)20-11-17(19-13(20)2)14-5-7-15(18)8-6-14/h3-10,17H,11H2,1-2H3. The van der Waals surface area contributed by atoms with Gasteiger partial charge in [0.25, 0.3) is 10.0 Å². The number of aliphatic imine (C=N–C) groups is 1. The number of rotatable bonds is 3. The fraction of sp³-hybridized carbons (Fsp3) is 0.235. The summed E-state index contributed by atoms with van der Waals surface area (Å²) in [6, 6.07) is 14.0. The van der Waals surface area contributed by atoms with Gasteiger partial charge in [0.2, 0.25) is 0 Å². The van der Waals surface area contributed by atoms with Crippen molar-refractivity contribution in [1.82, 2.24) is 4.31 Å². The van der Waals surface area contributed by atoms with Crippen LogP contribution >= 0.6 is 11.6 Å². The summed E-state index contributed by atoms with van der Waals surface area (Å²) in [5.41, 5.74) is 1.98. The van der Waals surface area contributed by atoms with Crippen LogP contribution in [-0.4, -0.2) is 25.1 Å². The summed E-state index contributed by atoms with van der Waals surface area (Å²) >= 11 is 5.90. The Balaban J connectivity index is 1.89. The minimum atomic E-state index is -3.58. The minimum absolute atomic E-state index is 0.201. The lowest BCUT2D eigenvalue weighted by Gasteiger charge is -2.19. The zero-order valence-corrected chi connectivity index (χ0v) is 14.5. The highest BCUT2D eigenvalue weighted by molar-refractivity contribution is 7.89. The maximum atomic E-state index is 12.8. The van der Waals surface area contributed by atoms with Gasteiger partial charge in [-0.05, 0) is 43.7 Å². The van der Waals surface area contributed by atoms with Gasteiger partial charge < -0.3 is 0 Å². The lowest BCUT2D eigenvalue weighted by molar-refractivity contribution is 0.519. The third kappa shape index (κ3) is 3.12. The molecule has 1 aliphatic heterocycles. The van der Waals surface area contributed by atoms with Crippen molar-refractivity contribution in [3.05, 3.63) is 64.7 Å². The van der Waals surface area contributed by atoms with Crippen LogP contribution in [0, 0.1) is 6.92 Å². The molecule has 0 radical (unpaired) electrons. The van der Waals surface area contributed by atoms with Gasteiger partial charge in [-0.1, -0.05) is 41.4 Å². The van der Waals surface area contributed by atoms with Gasteiger partial charge in [-0.15, -0.1) is 0 Å². The molecule has 1 unspecified atom stereocenters. The highest BCUT2D eigenvalue weighted by Crippen LogP contribution is 2.30. The molecule has 1 aliphatic rings. The highest BCUT2D eigenvalue weighted by atomic mass is 35.5. The quantitative estimate of drug-likeness (QED) is 0.846. The summed E-state index contributed by atoms with van der Waals surface area (Å²) < 4.78 is 27.0. The van der Waals surface area contributed by atoms with Gasteiger partial charge in [-0.3, -0.25) is 9.30 Å². The van der Waals surface area contributed by atoms with Gasteiger partial charge in [0.15, 0.2) is 0 Å². The van der Waals surface area contributed by atoms with Gasteiger partial charge in [-0.25, -0.2) is 8.42 Å². The van der Waals surface area contributed by atoms with Crippen LogP contribution in [0.1, 0.15) is 24.1 Å². The molecule has 1 atom stereocenters. The van der Waals surface area contributed by atoms with E-state index in [2.05, 4.69) is 4.99 Å². The Morgan fingerprint density at radius 2 is 1.65 bits per heavy atom. The monoisotopic (exact) mass is 348 g/mol. The van der Waals surface area contributed by atoms with Crippen molar-refractivity contribution in [2.24, 2.45) is 4.99 Å². The molecule has 120 valence electrons. The number of halogens is 1. The maximum Gasteiger partial charge on any atom is 0.265 e. The van der Waals surface area contributed by atoms with Crippen LogP contribution in [-0.2, 0) is 10.0 Å². The van der Waals surface area contributed by atoms with Gasteiger partial charge in [0.1, 0.15) is 5.84 Å². The van der Waals surface area contributed by atoms with Gasteiger partial charge >= 0.3 is 0 Å². The third-order valence-electron chi connectivity index (χ3n) is 3.91. The zero-order chi connectivity index (χ0) is 16.6. The number of hydrogen-bond acceptors (Lipinski definition) is 3. The Morgan fingerprint density at radius 1 is 1.04 bits per heavy atom. The van der Waals surface area contributed by atoms with Crippen molar-refractivity contribution in [2.75, 3.05) is 6.54 Å². The van der Waals surface area contributed by atoms with E-state index in [1.807, 2.05) is 19.1 Å². The predicted octanol–water partition coefficient (Wildman–Crippen LogP) is 3.81. The van der Waals surface area contributed by atoms with Crippen LogP contribution < -0.4 is 0 Å². The van der Waals surface area contributed by atoms with E-state index in [1.165, 1.54) is 4.31 Å². The molecule has 0 aromatic heterocycles. The van der Waals surface area contributed by atoms with Gasteiger partial charge in [-0.2, -0.15) is 0 Å². The molecule has 0 saturated carbocycles. The Hall–Kier alpha value is -1.85. The van der Waals surface area contributed by atoms with E-state index in [0.717, 1.165) is 11.1 Å². The van der Waals surface area contributed by atoms with E-state index in [1.54, 1.807) is 43.3 Å². The Bertz CT molecular complexity index is 843. The molecular weight excluding hydrogens is 332 g/mol. The average molecular weight is 349 g/mol. The molecule has 0 N–H and O–H groups in total. The first-order valence-corrected chi connectivity index (χ1v) is 9.09. The summed E-state index contributed by atoms with van der Waals surface area (Å²) in [4.78, 5) is 4.79. The molecule has 23 heavy (non-hydrogen) atoms. The topological polar surface area (TPSA) is 49.7 Å². The van der Waals surface area contributed by atoms with E-state index in [4.69, 9.17) is 11.6 Å². The largest absolute Gasteiger partial charge is 0.265 e. The number of aryl methyl sites for hydroxylation is 1. The van der Waals surface area contributed by atoms with E-state index in [-0.39, 0.29) is 10.9 Å². The van der Waals surface area contributed by atoms with E-state index < -0.39 is 10.0 Å². The van der Waals surface area contributed by atoms with Crippen LogP contribution in [0.2, 0.25) is 5.02 Å². The molecule has 0 aliphatic carbocycles. The SMILES string of the molecule is CC1=NC(c2ccc(Cl)cc2)CN1S(=O)(=O)c1ccc(C)cc1. The normalized spacial score (nSPS) is 18.1. The molecule has 0 saturated heterocycles. The van der Waals surface area contributed by atoms with Crippen molar-refractivity contribution >= 4 is 27.5 Å². The molecule has 4 nitrogen and oxygen atoms in total. The summed E-state index contributed by atoms with van der Waals surface area (Å²) in [6.45, 7) is 3.96. The maximum absolute atomic E-state index is 12.8. The van der Waals surface area contributed by atoms with Crippen molar-refractivity contribution in [1.29, 1.82) is 0 Å². The predicted molar refractivity (Wildman–Crippen MR) is 92.4 cm³/mol. The third-order valence-corrected chi connectivity index (χ3v) is 6.02. The molecule has 2 aromatic rings. The molecular formula is C17H17ClN2O2S. The molecule has 0 amide bonds. The first-order valence-electron chi connectivity index (χ1n) is 7.27. The van der Waals surface area contributed by atoms with Crippen molar-refractivity contribution in [3.8, 4) is 0 Å². The van der Waals surface area contributed by atoms with Crippen LogP contribution in [0.3, 0.4) is 0 Å². The second-order valence-corrected chi connectivity index (χ2v) is 7.89. The van der Waals surface area contributed by atoms with Gasteiger partial charge in [0, 0.05) is 5.02 Å². The fourth-order valence-electron chi connectivity index (χ4n) is 2.59. The average Bonchev–Trinajstić information content (AvgIpc) is 2.91. The van der Waals surface area contributed by atoms with Gasteiger partial charge in [0.05, 0.1) is 17.5 Å². The molecule has 6 heteroatoms. The molecule has 3 rings (SSSR count). The number of sulfonamides is 1. The number of benzene rings is 2. The van der Waals surface area contributed by atoms with E-state index >= 15 is 0 Å². The summed E-state index contributed by atoms with van der Waals surface area (Å²) in [5, 5.41) is 0.650. The first kappa shape index (κ1) is 16.0. The Morgan fingerprint density at radius 3 is 2.26 bits per heavy atom. The van der Waals surface area contributed by atoms with E-state index in [0.29, 0.717) is 17.4 Å². The second-order valence-electron chi connectivity index (χ2n) is 5.59. The number of nitrogens with zero attached hydrogens (tertiary/aromatic N) is 2. The summed E-state index contributed by atoms with van der Waals surface area (Å²) in [5.74, 6) is 0.505. The second kappa shape index (κ2) is 5.98. The van der Waals surface area contributed by atoms with E-state index in [9.17, 15) is 8.42 Å². The molecule has 0 bridgehead atoms. The van der Waals surface area contributed by atoms with Crippen molar-refractivity contribution in [2.45, 2.75) is 24.8 Å². The molecule has 2 aromatic carbocycles. The van der Waals surface area contributed by atoms with Crippen LogP contribution in [0.15, 0.2) is 58.4 Å². The summed E-state index contributed by atoms with van der Waals surface area (Å²) in [7, 11) is -3.58. The Kier molecular flexibility index (Phi) is 4.17. The lowest BCUT2D eigenvalue weighted by atomic mass is 10.1. The first-order chi connectivity index (χ1) is 10.9. The molecule has 1 heterocycles. The minimum Gasteiger partial charge on any atom is -0.262 e. The zero-order valence-electron chi connectivity index (χ0n) is 12.9. The smallest absolute Gasteiger partial charge is 0.262 e. The van der Waals surface area contributed by atoms with Crippen molar-refractivity contribution < 1.29 is 8.42 Å². The lowest BCUT2D eigenvalue weighted by Crippen LogP contribution is -2.33. The van der Waals surface area contributed by atoms with Crippen LogP contribution in [0.4, 0.5) is 0 Å². The highest BCUT2D eigenvalue weighted by Gasteiger charge is 2.33. The number of hydrogen-bond donors (Lipinski definition) is 0. The molecule has 0 fully saturated rings. The van der Waals surface area contributed by atoms with Crippen LogP contribution in [0.25, 0.3) is 0 Å². The van der Waals surface area contributed by atoms with Crippen molar-refractivity contribution in [3.63, 3.8) is 0 Å². The molecule has 0 spiro atoms.